The average molecular weight is 249 g/mol. The van der Waals surface area contributed by atoms with E-state index in [4.69, 9.17) is 4.74 Å². The third-order valence-electron chi connectivity index (χ3n) is 3.57. The van der Waals surface area contributed by atoms with E-state index < -0.39 is 6.10 Å². The van der Waals surface area contributed by atoms with E-state index in [9.17, 15) is 5.11 Å². The molecule has 1 N–H and O–H groups in total. The smallest absolute Gasteiger partial charge is 0.119 e. The Bertz CT molecular complexity index is 392. The zero-order valence-corrected chi connectivity index (χ0v) is 11.4. The first-order valence-electron chi connectivity index (χ1n) is 6.80. The molecule has 100 valence electrons. The first kappa shape index (κ1) is 13.4. The molecule has 1 unspecified atom stereocenters. The van der Waals surface area contributed by atoms with E-state index in [0.29, 0.717) is 13.2 Å². The summed E-state index contributed by atoms with van der Waals surface area (Å²) >= 11 is 0. The minimum atomic E-state index is -0.428. The maximum Gasteiger partial charge on any atom is 0.119 e. The lowest BCUT2D eigenvalue weighted by Gasteiger charge is -2.19. The summed E-state index contributed by atoms with van der Waals surface area (Å²) in [7, 11) is 2.00. The summed E-state index contributed by atoms with van der Waals surface area (Å²) in [5.74, 6) is 0.883. The largest absolute Gasteiger partial charge is 0.491 e. The number of aryl methyl sites for hydroxylation is 2. The Morgan fingerprint density at radius 2 is 2.11 bits per heavy atom. The van der Waals surface area contributed by atoms with Crippen LogP contribution in [-0.2, 0) is 12.8 Å². The third kappa shape index (κ3) is 3.47. The fourth-order valence-electron chi connectivity index (χ4n) is 2.37. The maximum atomic E-state index is 9.84. The first-order valence-corrected chi connectivity index (χ1v) is 6.80. The molecule has 18 heavy (non-hydrogen) atoms. The second-order valence-corrected chi connectivity index (χ2v) is 5.10. The Labute approximate surface area is 109 Å². The third-order valence-corrected chi connectivity index (χ3v) is 3.57. The van der Waals surface area contributed by atoms with Crippen LogP contribution in [0.4, 0.5) is 0 Å². The second-order valence-electron chi connectivity index (χ2n) is 5.10. The molecule has 0 bridgehead atoms. The van der Waals surface area contributed by atoms with E-state index in [1.807, 2.05) is 13.1 Å². The molecule has 0 saturated carbocycles. The Morgan fingerprint density at radius 3 is 2.89 bits per heavy atom. The van der Waals surface area contributed by atoms with Gasteiger partial charge in [-0.15, -0.1) is 0 Å². The van der Waals surface area contributed by atoms with Crippen molar-refractivity contribution in [3.63, 3.8) is 0 Å². The lowest BCUT2D eigenvalue weighted by atomic mass is 10.1. The van der Waals surface area contributed by atoms with Gasteiger partial charge in [-0.3, -0.25) is 0 Å². The number of hydrogen-bond acceptors (Lipinski definition) is 3. The van der Waals surface area contributed by atoms with Crippen LogP contribution in [0.1, 0.15) is 24.5 Å². The molecule has 0 aromatic heterocycles. The summed E-state index contributed by atoms with van der Waals surface area (Å²) in [6.07, 6.45) is 3.18. The van der Waals surface area contributed by atoms with Crippen molar-refractivity contribution in [3.8, 4) is 5.75 Å². The Hall–Kier alpha value is -1.06. The molecule has 1 aliphatic carbocycles. The molecule has 0 amide bonds. The van der Waals surface area contributed by atoms with Crippen LogP contribution in [0.3, 0.4) is 0 Å². The van der Waals surface area contributed by atoms with Gasteiger partial charge in [-0.2, -0.15) is 0 Å². The van der Waals surface area contributed by atoms with Crippen LogP contribution in [0.2, 0.25) is 0 Å². The number of nitrogens with zero attached hydrogens (tertiary/aromatic N) is 1. The maximum absolute atomic E-state index is 9.84. The molecule has 1 aliphatic rings. The standard InChI is InChI=1S/C15H23NO2/c1-3-16(2)10-14(17)11-18-15-8-7-12-5-4-6-13(12)9-15/h7-9,14,17H,3-6,10-11H2,1-2H3. The molecule has 0 spiro atoms. The van der Waals surface area contributed by atoms with Crippen molar-refractivity contribution in [1.82, 2.24) is 4.90 Å². The van der Waals surface area contributed by atoms with E-state index in [0.717, 1.165) is 18.7 Å². The van der Waals surface area contributed by atoms with Gasteiger partial charge in [0.15, 0.2) is 0 Å². The summed E-state index contributed by atoms with van der Waals surface area (Å²) in [6, 6.07) is 6.29. The number of likely N-dealkylation sites (N-methyl/N-ethyl adjacent to an activating group) is 1. The highest BCUT2D eigenvalue weighted by Crippen LogP contribution is 2.26. The van der Waals surface area contributed by atoms with E-state index in [1.165, 1.54) is 24.0 Å². The number of ether oxygens (including phenoxy) is 1. The van der Waals surface area contributed by atoms with Gasteiger partial charge < -0.3 is 14.7 Å². The highest BCUT2D eigenvalue weighted by atomic mass is 16.5. The molecule has 0 fully saturated rings. The molecular weight excluding hydrogens is 226 g/mol. The van der Waals surface area contributed by atoms with Gasteiger partial charge in [0.1, 0.15) is 18.5 Å². The van der Waals surface area contributed by atoms with Gasteiger partial charge in [0.25, 0.3) is 0 Å². The molecular formula is C15H23NO2. The second kappa shape index (κ2) is 6.21. The van der Waals surface area contributed by atoms with Gasteiger partial charge >= 0.3 is 0 Å². The zero-order chi connectivity index (χ0) is 13.0. The predicted octanol–water partition coefficient (Wildman–Crippen LogP) is 1.87. The van der Waals surface area contributed by atoms with E-state index in [2.05, 4.69) is 24.0 Å². The molecule has 2 rings (SSSR count). The van der Waals surface area contributed by atoms with Gasteiger partial charge in [0.05, 0.1) is 0 Å². The van der Waals surface area contributed by atoms with Crippen molar-refractivity contribution >= 4 is 0 Å². The van der Waals surface area contributed by atoms with Gasteiger partial charge in [-0.25, -0.2) is 0 Å². The van der Waals surface area contributed by atoms with Crippen LogP contribution in [0.5, 0.6) is 5.75 Å². The van der Waals surface area contributed by atoms with E-state index in [1.54, 1.807) is 0 Å². The molecule has 0 saturated heterocycles. The van der Waals surface area contributed by atoms with Gasteiger partial charge in [0, 0.05) is 6.54 Å². The molecule has 3 nitrogen and oxygen atoms in total. The Balaban J connectivity index is 1.83. The van der Waals surface area contributed by atoms with Crippen LogP contribution in [-0.4, -0.2) is 42.9 Å². The SMILES string of the molecule is CCN(C)CC(O)COc1ccc2c(c1)CCC2. The quantitative estimate of drug-likeness (QED) is 0.835. The summed E-state index contributed by atoms with van der Waals surface area (Å²) in [5, 5.41) is 9.84. The van der Waals surface area contributed by atoms with E-state index >= 15 is 0 Å². The zero-order valence-electron chi connectivity index (χ0n) is 11.4. The topological polar surface area (TPSA) is 32.7 Å². The predicted molar refractivity (Wildman–Crippen MR) is 73.1 cm³/mol. The van der Waals surface area contributed by atoms with Crippen molar-refractivity contribution in [2.75, 3.05) is 26.7 Å². The highest BCUT2D eigenvalue weighted by molar-refractivity contribution is 5.38. The minimum Gasteiger partial charge on any atom is -0.491 e. The average Bonchev–Trinajstić information content (AvgIpc) is 2.83. The first-order chi connectivity index (χ1) is 8.69. The van der Waals surface area contributed by atoms with Gasteiger partial charge in [0.2, 0.25) is 0 Å². The monoisotopic (exact) mass is 249 g/mol. The number of fused-ring (bicyclic) bond motifs is 1. The van der Waals surface area contributed by atoms with Crippen molar-refractivity contribution in [1.29, 1.82) is 0 Å². The number of hydrogen-bond donors (Lipinski definition) is 1. The van der Waals surface area contributed by atoms with Crippen molar-refractivity contribution in [2.45, 2.75) is 32.3 Å². The number of benzene rings is 1. The van der Waals surface area contributed by atoms with Crippen molar-refractivity contribution in [2.24, 2.45) is 0 Å². The van der Waals surface area contributed by atoms with Crippen LogP contribution in [0.25, 0.3) is 0 Å². The number of aliphatic hydroxyl groups is 1. The molecule has 0 heterocycles. The van der Waals surface area contributed by atoms with Crippen LogP contribution in [0.15, 0.2) is 18.2 Å². The molecule has 0 aliphatic heterocycles. The van der Waals surface area contributed by atoms with Crippen LogP contribution < -0.4 is 4.74 Å². The minimum absolute atomic E-state index is 0.364. The van der Waals surface area contributed by atoms with Crippen molar-refractivity contribution in [3.05, 3.63) is 29.3 Å². The van der Waals surface area contributed by atoms with Gasteiger partial charge in [-0.1, -0.05) is 13.0 Å². The molecule has 1 aromatic carbocycles. The molecule has 0 radical (unpaired) electrons. The summed E-state index contributed by atoms with van der Waals surface area (Å²) in [5.41, 5.74) is 2.86. The van der Waals surface area contributed by atoms with Crippen LogP contribution in [0, 0.1) is 0 Å². The number of aliphatic hydroxyl groups excluding tert-OH is 1. The van der Waals surface area contributed by atoms with Crippen molar-refractivity contribution < 1.29 is 9.84 Å². The normalized spacial score (nSPS) is 15.8. The highest BCUT2D eigenvalue weighted by Gasteiger charge is 2.12. The van der Waals surface area contributed by atoms with Gasteiger partial charge in [-0.05, 0) is 56.1 Å². The lowest BCUT2D eigenvalue weighted by molar-refractivity contribution is 0.0778. The molecule has 3 heteroatoms. The Morgan fingerprint density at radius 1 is 1.33 bits per heavy atom. The number of rotatable bonds is 6. The molecule has 1 atom stereocenters. The summed E-state index contributed by atoms with van der Waals surface area (Å²) in [4.78, 5) is 2.08. The lowest BCUT2D eigenvalue weighted by Crippen LogP contribution is -2.32. The molecule has 1 aromatic rings. The Kier molecular flexibility index (Phi) is 4.61. The summed E-state index contributed by atoms with van der Waals surface area (Å²) < 4.78 is 5.66. The summed E-state index contributed by atoms with van der Waals surface area (Å²) in [6.45, 7) is 4.04. The fourth-order valence-corrected chi connectivity index (χ4v) is 2.37. The van der Waals surface area contributed by atoms with Crippen LogP contribution >= 0.6 is 0 Å². The van der Waals surface area contributed by atoms with E-state index in [-0.39, 0.29) is 0 Å². The fraction of sp³-hybridized carbons (Fsp3) is 0.600.